The van der Waals surface area contributed by atoms with Crippen molar-refractivity contribution < 1.29 is 52.7 Å². The van der Waals surface area contributed by atoms with Crippen molar-refractivity contribution in [1.29, 1.82) is 0 Å². The van der Waals surface area contributed by atoms with Gasteiger partial charge in [0.05, 0.1) is 11.3 Å². The van der Waals surface area contributed by atoms with E-state index in [1.807, 2.05) is 0 Å². The number of amides is 1. The number of alkyl halides is 3. The average Bonchev–Trinajstić information content (AvgIpc) is 3.40. The lowest BCUT2D eigenvalue weighted by atomic mass is 9.51. The van der Waals surface area contributed by atoms with E-state index in [1.54, 1.807) is 6.92 Å². The lowest BCUT2D eigenvalue weighted by Gasteiger charge is -2.54. The number of carbonyl (C=O) groups is 3. The van der Waals surface area contributed by atoms with Gasteiger partial charge in [0.1, 0.15) is 22.8 Å². The summed E-state index contributed by atoms with van der Waals surface area (Å²) in [6.45, 7) is 2.67. The molecule has 9 N–H and O–H groups in total. The number of aliphatic hydroxyl groups is 3. The summed E-state index contributed by atoms with van der Waals surface area (Å²) >= 11 is 0. The van der Waals surface area contributed by atoms with Gasteiger partial charge in [0.2, 0.25) is 5.78 Å². The van der Waals surface area contributed by atoms with Crippen LogP contribution in [0, 0.1) is 17.3 Å². The van der Waals surface area contributed by atoms with Crippen molar-refractivity contribution in [2.75, 3.05) is 31.5 Å². The first kappa shape index (κ1) is 29.3. The van der Waals surface area contributed by atoms with E-state index >= 15 is 0 Å². The van der Waals surface area contributed by atoms with Crippen molar-refractivity contribution in [2.24, 2.45) is 23.0 Å². The SMILES string of the molecule is CCNC[C@]12CC(=O)C(C(N)=O)=C(O)[C@@]1(O)C(=O)C1=C(O)c3c(O)c4c(c(OC(F)(F)F)c3CC1C2)C1NCCC1CN4. The van der Waals surface area contributed by atoms with E-state index in [0.29, 0.717) is 26.1 Å². The van der Waals surface area contributed by atoms with Crippen LogP contribution in [0.2, 0.25) is 0 Å². The van der Waals surface area contributed by atoms with Gasteiger partial charge in [-0.3, -0.25) is 14.4 Å². The fourth-order valence-electron chi connectivity index (χ4n) is 7.84. The summed E-state index contributed by atoms with van der Waals surface area (Å²) in [7, 11) is 0. The number of ketones is 2. The lowest BCUT2D eigenvalue weighted by Crippen LogP contribution is -2.67. The van der Waals surface area contributed by atoms with Gasteiger partial charge in [0.15, 0.2) is 17.1 Å². The van der Waals surface area contributed by atoms with Gasteiger partial charge in [-0.25, -0.2) is 0 Å². The molecule has 2 aliphatic heterocycles. The van der Waals surface area contributed by atoms with E-state index in [2.05, 4.69) is 20.7 Å². The Kier molecular flexibility index (Phi) is 6.53. The Hall–Kier alpha value is -3.82. The molecule has 0 bridgehead atoms. The first-order valence-electron chi connectivity index (χ1n) is 14.0. The van der Waals surface area contributed by atoms with E-state index in [0.717, 1.165) is 0 Å². The van der Waals surface area contributed by atoms with E-state index in [4.69, 9.17) is 5.73 Å². The number of benzene rings is 1. The van der Waals surface area contributed by atoms with Crippen LogP contribution in [0.5, 0.6) is 11.5 Å². The highest BCUT2D eigenvalue weighted by Gasteiger charge is 2.68. The summed E-state index contributed by atoms with van der Waals surface area (Å²) in [4.78, 5) is 39.3. The topological polar surface area (TPSA) is 203 Å². The molecule has 1 saturated heterocycles. The van der Waals surface area contributed by atoms with Crippen molar-refractivity contribution in [2.45, 2.75) is 50.6 Å². The fourth-order valence-corrected chi connectivity index (χ4v) is 7.84. The molecule has 3 unspecified atom stereocenters. The van der Waals surface area contributed by atoms with Crippen LogP contribution in [-0.4, -0.2) is 76.0 Å². The van der Waals surface area contributed by atoms with Crippen LogP contribution in [0.3, 0.4) is 0 Å². The summed E-state index contributed by atoms with van der Waals surface area (Å²) < 4.78 is 46.2. The van der Waals surface area contributed by atoms with E-state index in [-0.39, 0.29) is 42.1 Å². The summed E-state index contributed by atoms with van der Waals surface area (Å²) in [6.07, 6.45) is -5.68. The van der Waals surface area contributed by atoms with Crippen LogP contribution in [0.15, 0.2) is 16.9 Å². The maximum Gasteiger partial charge on any atom is 0.573 e. The number of phenols is 1. The number of hydrogen-bond acceptors (Lipinski definition) is 11. The van der Waals surface area contributed by atoms with Crippen LogP contribution >= 0.6 is 0 Å². The molecule has 5 aliphatic rings. The largest absolute Gasteiger partial charge is 0.573 e. The highest BCUT2D eigenvalue weighted by Crippen LogP contribution is 2.61. The number of nitrogens with two attached hydrogens (primary N) is 1. The standard InChI is InChI=1S/C28H31F3N4O8/c1-2-33-9-26-6-11-5-12-15(20(37)14(11)23(39)27(26,42)24(40)16(25(32)41)13(36)7-26)21(38)19-17(22(12)43-28(29,30)31)18-10(8-35-19)3-4-34-18/h10-11,18,33-35,37-38,40,42H,2-9H2,1H3,(H2,32,41)/t10?,11?,18?,26-,27-/m0/s1. The number of rotatable bonds is 5. The van der Waals surface area contributed by atoms with Gasteiger partial charge in [-0.15, -0.1) is 13.2 Å². The number of fused-ring (bicyclic) bond motifs is 6. The van der Waals surface area contributed by atoms with E-state index in [9.17, 15) is 48.0 Å². The zero-order valence-corrected chi connectivity index (χ0v) is 23.0. The summed E-state index contributed by atoms with van der Waals surface area (Å²) in [6, 6.07) is -0.583. The molecule has 2 heterocycles. The van der Waals surface area contributed by atoms with E-state index < -0.39 is 93.0 Å². The molecule has 232 valence electrons. The van der Waals surface area contributed by atoms with E-state index in [1.165, 1.54) is 0 Å². The van der Waals surface area contributed by atoms with Crippen LogP contribution < -0.4 is 26.4 Å². The average molecular weight is 609 g/mol. The molecular weight excluding hydrogens is 577 g/mol. The predicted molar refractivity (Wildman–Crippen MR) is 143 cm³/mol. The highest BCUT2D eigenvalue weighted by molar-refractivity contribution is 6.23. The number of carbonyl (C=O) groups excluding carboxylic acids is 3. The number of nitrogens with one attached hydrogen (secondary N) is 3. The van der Waals surface area contributed by atoms with Gasteiger partial charge in [-0.2, -0.15) is 0 Å². The van der Waals surface area contributed by atoms with Crippen molar-refractivity contribution in [3.63, 3.8) is 0 Å². The summed E-state index contributed by atoms with van der Waals surface area (Å²) in [5.74, 6) is -8.05. The number of primary amides is 1. The van der Waals surface area contributed by atoms with Crippen LogP contribution in [0.4, 0.5) is 18.9 Å². The maximum absolute atomic E-state index is 14.2. The Morgan fingerprint density at radius 2 is 1.95 bits per heavy atom. The van der Waals surface area contributed by atoms with Crippen molar-refractivity contribution in [1.82, 2.24) is 10.6 Å². The number of hydrogen-bond donors (Lipinski definition) is 8. The van der Waals surface area contributed by atoms with Crippen molar-refractivity contribution in [3.05, 3.63) is 33.6 Å². The number of phenolic OH excluding ortho intramolecular Hbond substituents is 1. The number of ether oxygens (including phenoxy) is 1. The number of halogens is 3. The molecule has 1 aromatic carbocycles. The maximum atomic E-state index is 14.2. The Morgan fingerprint density at radius 1 is 1.23 bits per heavy atom. The minimum Gasteiger partial charge on any atom is -0.508 e. The highest BCUT2D eigenvalue weighted by atomic mass is 19.4. The molecule has 2 fully saturated rings. The molecule has 0 radical (unpaired) electrons. The predicted octanol–water partition coefficient (Wildman–Crippen LogP) is 1.38. The second kappa shape index (κ2) is 9.59. The smallest absolute Gasteiger partial charge is 0.508 e. The zero-order valence-electron chi connectivity index (χ0n) is 23.0. The first-order valence-corrected chi connectivity index (χ1v) is 14.0. The summed E-state index contributed by atoms with van der Waals surface area (Å²) in [5.41, 5.74) is -1.46. The normalized spacial score (nSPS) is 31.5. The quantitative estimate of drug-likeness (QED) is 0.177. The number of aliphatic hydroxyl groups excluding tert-OH is 2. The lowest BCUT2D eigenvalue weighted by molar-refractivity contribution is -0.275. The Bertz CT molecular complexity index is 1540. The second-order valence-electron chi connectivity index (χ2n) is 11.9. The number of Topliss-reactive ketones (excluding diaryl/α,β-unsaturated/α-hetero) is 2. The second-order valence-corrected chi connectivity index (χ2v) is 11.9. The molecule has 43 heavy (non-hydrogen) atoms. The van der Waals surface area contributed by atoms with Crippen molar-refractivity contribution in [3.8, 4) is 11.5 Å². The molecule has 0 aromatic heterocycles. The molecule has 1 aromatic rings. The molecule has 5 atom stereocenters. The van der Waals surface area contributed by atoms with Gasteiger partial charge in [0.25, 0.3) is 5.91 Å². The molecule has 1 amide bonds. The van der Waals surface area contributed by atoms with Crippen LogP contribution in [-0.2, 0) is 20.8 Å². The number of aromatic hydroxyl groups is 1. The number of anilines is 1. The molecule has 3 aliphatic carbocycles. The molecule has 0 spiro atoms. The molecular formula is C28H31F3N4O8. The monoisotopic (exact) mass is 608 g/mol. The van der Waals surface area contributed by atoms with Gasteiger partial charge < -0.3 is 46.8 Å². The third-order valence-corrected chi connectivity index (χ3v) is 9.63. The minimum atomic E-state index is -5.14. The third-order valence-electron chi connectivity index (χ3n) is 9.63. The van der Waals surface area contributed by atoms with Crippen LogP contribution in [0.1, 0.15) is 48.9 Å². The zero-order chi connectivity index (χ0) is 31.2. The minimum absolute atomic E-state index is 0.0547. The van der Waals surface area contributed by atoms with Gasteiger partial charge in [0, 0.05) is 47.7 Å². The van der Waals surface area contributed by atoms with Gasteiger partial charge >= 0.3 is 6.36 Å². The van der Waals surface area contributed by atoms with Crippen LogP contribution in [0.25, 0.3) is 5.76 Å². The van der Waals surface area contributed by atoms with Gasteiger partial charge in [-0.1, -0.05) is 6.92 Å². The first-order chi connectivity index (χ1) is 20.2. The molecule has 6 rings (SSSR count). The van der Waals surface area contributed by atoms with Crippen molar-refractivity contribution >= 4 is 28.9 Å². The Morgan fingerprint density at radius 3 is 2.60 bits per heavy atom. The van der Waals surface area contributed by atoms with Gasteiger partial charge in [-0.05, 0) is 44.2 Å². The summed E-state index contributed by atoms with van der Waals surface area (Å²) in [5, 5.41) is 55.0. The molecule has 1 saturated carbocycles. The molecule has 12 nitrogen and oxygen atoms in total. The Balaban J connectivity index is 1.61. The fraction of sp³-hybridized carbons (Fsp3) is 0.536. The Labute approximate surface area is 242 Å². The molecule has 15 heteroatoms. The third kappa shape index (κ3) is 3.97.